The molecule has 2 N–H and O–H groups in total. The third-order valence-electron chi connectivity index (χ3n) is 2.37. The van der Waals surface area contributed by atoms with Gasteiger partial charge in [0, 0.05) is 0 Å². The van der Waals surface area contributed by atoms with Gasteiger partial charge in [-0.1, -0.05) is 19.9 Å². The zero-order valence-electron chi connectivity index (χ0n) is 8.18. The highest BCUT2D eigenvalue weighted by Gasteiger charge is 2.08. The molecule has 0 aliphatic rings. The van der Waals surface area contributed by atoms with Crippen LogP contribution in [0.15, 0.2) is 18.2 Å². The molecule has 0 amide bonds. The first-order chi connectivity index (χ1) is 6.19. The summed E-state index contributed by atoms with van der Waals surface area (Å²) in [6.07, 6.45) is 0.931. The molecule has 0 fully saturated rings. The number of aryl methyl sites for hydroxylation is 1. The second-order valence-electron chi connectivity index (χ2n) is 3.33. The van der Waals surface area contributed by atoms with Gasteiger partial charge in [0.05, 0.1) is 0 Å². The number of rotatable bonds is 3. The summed E-state index contributed by atoms with van der Waals surface area (Å²) in [5.74, 6) is 0.0677. The molecular weight excluding hydrogens is 165 g/mol. The van der Waals surface area contributed by atoms with Crippen LogP contribution in [-0.4, -0.2) is 6.54 Å². The van der Waals surface area contributed by atoms with E-state index < -0.39 is 0 Å². The first-order valence-corrected chi connectivity index (χ1v) is 4.67. The first-order valence-electron chi connectivity index (χ1n) is 4.67. The van der Waals surface area contributed by atoms with Gasteiger partial charge in [-0.15, -0.1) is 0 Å². The number of hydrogen-bond donors (Lipinski definition) is 1. The molecule has 0 heterocycles. The predicted octanol–water partition coefficient (Wildman–Crippen LogP) is 2.45. The molecule has 1 aromatic rings. The highest BCUT2D eigenvalue weighted by Crippen LogP contribution is 2.20. The zero-order valence-corrected chi connectivity index (χ0v) is 8.18. The molecule has 0 radical (unpaired) electrons. The first kappa shape index (κ1) is 10.2. The number of nitrogens with two attached hydrogens (primary N) is 1. The van der Waals surface area contributed by atoms with Gasteiger partial charge in [0.15, 0.2) is 0 Å². The van der Waals surface area contributed by atoms with E-state index in [1.807, 2.05) is 13.0 Å². The molecular formula is C11H16FN. The average Bonchev–Trinajstić information content (AvgIpc) is 2.16. The lowest BCUT2D eigenvalue weighted by Crippen LogP contribution is -2.11. The van der Waals surface area contributed by atoms with Crippen LogP contribution in [0.4, 0.5) is 4.39 Å². The Morgan fingerprint density at radius 2 is 2.15 bits per heavy atom. The fourth-order valence-electron chi connectivity index (χ4n) is 1.47. The molecule has 0 saturated carbocycles. The molecule has 1 aromatic carbocycles. The van der Waals surface area contributed by atoms with E-state index in [4.69, 9.17) is 5.73 Å². The summed E-state index contributed by atoms with van der Waals surface area (Å²) in [5, 5.41) is 0. The Morgan fingerprint density at radius 1 is 1.46 bits per heavy atom. The van der Waals surface area contributed by atoms with E-state index in [0.29, 0.717) is 6.54 Å². The van der Waals surface area contributed by atoms with E-state index in [-0.39, 0.29) is 11.7 Å². The third kappa shape index (κ3) is 2.28. The van der Waals surface area contributed by atoms with Crippen molar-refractivity contribution in [3.05, 3.63) is 35.1 Å². The molecule has 1 nitrogen and oxygen atoms in total. The van der Waals surface area contributed by atoms with Crippen molar-refractivity contribution in [3.63, 3.8) is 0 Å². The van der Waals surface area contributed by atoms with Crippen molar-refractivity contribution in [1.82, 2.24) is 0 Å². The summed E-state index contributed by atoms with van der Waals surface area (Å²) in [7, 11) is 0. The Morgan fingerprint density at radius 3 is 2.69 bits per heavy atom. The van der Waals surface area contributed by atoms with Gasteiger partial charge >= 0.3 is 0 Å². The second-order valence-corrected chi connectivity index (χ2v) is 3.33. The van der Waals surface area contributed by atoms with Crippen LogP contribution in [0.2, 0.25) is 0 Å². The Hall–Kier alpha value is -0.890. The molecule has 0 aliphatic carbocycles. The quantitative estimate of drug-likeness (QED) is 0.761. The number of hydrogen-bond acceptors (Lipinski definition) is 1. The molecule has 0 aliphatic heterocycles. The summed E-state index contributed by atoms with van der Waals surface area (Å²) in [4.78, 5) is 0. The van der Waals surface area contributed by atoms with E-state index in [1.165, 1.54) is 11.6 Å². The van der Waals surface area contributed by atoms with Gasteiger partial charge < -0.3 is 5.73 Å². The summed E-state index contributed by atoms with van der Waals surface area (Å²) in [5.41, 5.74) is 7.80. The van der Waals surface area contributed by atoms with Crippen LogP contribution in [0.1, 0.15) is 30.9 Å². The van der Waals surface area contributed by atoms with Crippen LogP contribution in [0.5, 0.6) is 0 Å². The Bertz CT molecular complexity index is 283. The fourth-order valence-corrected chi connectivity index (χ4v) is 1.47. The summed E-state index contributed by atoms with van der Waals surface area (Å²) in [6.45, 7) is 4.66. The molecule has 0 bridgehead atoms. The van der Waals surface area contributed by atoms with E-state index in [0.717, 1.165) is 12.0 Å². The molecule has 1 atom stereocenters. The topological polar surface area (TPSA) is 26.0 Å². The minimum Gasteiger partial charge on any atom is -0.330 e. The van der Waals surface area contributed by atoms with Crippen LogP contribution in [0.3, 0.4) is 0 Å². The minimum absolute atomic E-state index is 0.174. The van der Waals surface area contributed by atoms with Gasteiger partial charge in [-0.05, 0) is 42.1 Å². The van der Waals surface area contributed by atoms with Gasteiger partial charge in [-0.2, -0.15) is 0 Å². The van der Waals surface area contributed by atoms with Crippen molar-refractivity contribution >= 4 is 0 Å². The van der Waals surface area contributed by atoms with Crippen molar-refractivity contribution in [3.8, 4) is 0 Å². The van der Waals surface area contributed by atoms with Crippen molar-refractivity contribution in [2.45, 2.75) is 26.2 Å². The summed E-state index contributed by atoms with van der Waals surface area (Å²) < 4.78 is 12.9. The molecule has 0 saturated heterocycles. The normalized spacial score (nSPS) is 12.9. The monoisotopic (exact) mass is 181 g/mol. The van der Waals surface area contributed by atoms with Crippen LogP contribution in [0, 0.1) is 5.82 Å². The van der Waals surface area contributed by atoms with E-state index in [9.17, 15) is 4.39 Å². The Balaban J connectivity index is 3.07. The largest absolute Gasteiger partial charge is 0.330 e. The van der Waals surface area contributed by atoms with E-state index >= 15 is 0 Å². The maximum absolute atomic E-state index is 12.9. The van der Waals surface area contributed by atoms with Gasteiger partial charge in [0.25, 0.3) is 0 Å². The van der Waals surface area contributed by atoms with Crippen LogP contribution in [-0.2, 0) is 6.42 Å². The Labute approximate surface area is 78.8 Å². The van der Waals surface area contributed by atoms with Crippen LogP contribution >= 0.6 is 0 Å². The van der Waals surface area contributed by atoms with Gasteiger partial charge in [-0.3, -0.25) is 0 Å². The predicted molar refractivity (Wildman–Crippen MR) is 53.2 cm³/mol. The number of benzene rings is 1. The lowest BCUT2D eigenvalue weighted by molar-refractivity contribution is 0.619. The summed E-state index contributed by atoms with van der Waals surface area (Å²) >= 11 is 0. The standard InChI is InChI=1S/C11H16FN/c1-3-9-4-5-10(12)6-11(9)8(2)7-13/h4-6,8H,3,7,13H2,1-2H3. The Kier molecular flexibility index (Phi) is 3.43. The molecule has 2 heteroatoms. The molecule has 0 spiro atoms. The maximum atomic E-state index is 12.9. The molecule has 1 rings (SSSR count). The van der Waals surface area contributed by atoms with Crippen molar-refractivity contribution in [1.29, 1.82) is 0 Å². The van der Waals surface area contributed by atoms with E-state index in [1.54, 1.807) is 6.07 Å². The molecule has 72 valence electrons. The average molecular weight is 181 g/mol. The van der Waals surface area contributed by atoms with Crippen molar-refractivity contribution < 1.29 is 4.39 Å². The minimum atomic E-state index is -0.174. The summed E-state index contributed by atoms with van der Waals surface area (Å²) in [6, 6.07) is 4.94. The molecule has 0 aromatic heterocycles. The molecule has 1 unspecified atom stereocenters. The maximum Gasteiger partial charge on any atom is 0.123 e. The highest BCUT2D eigenvalue weighted by atomic mass is 19.1. The third-order valence-corrected chi connectivity index (χ3v) is 2.37. The van der Waals surface area contributed by atoms with Gasteiger partial charge in [0.2, 0.25) is 0 Å². The highest BCUT2D eigenvalue weighted by molar-refractivity contribution is 5.30. The van der Waals surface area contributed by atoms with Gasteiger partial charge in [-0.25, -0.2) is 4.39 Å². The molecule has 13 heavy (non-hydrogen) atoms. The van der Waals surface area contributed by atoms with Crippen LogP contribution in [0.25, 0.3) is 0 Å². The fraction of sp³-hybridized carbons (Fsp3) is 0.455. The lowest BCUT2D eigenvalue weighted by Gasteiger charge is -2.13. The zero-order chi connectivity index (χ0) is 9.84. The second kappa shape index (κ2) is 4.38. The smallest absolute Gasteiger partial charge is 0.123 e. The van der Waals surface area contributed by atoms with Crippen molar-refractivity contribution in [2.75, 3.05) is 6.54 Å². The van der Waals surface area contributed by atoms with Crippen molar-refractivity contribution in [2.24, 2.45) is 5.73 Å². The van der Waals surface area contributed by atoms with Crippen LogP contribution < -0.4 is 5.73 Å². The number of halogens is 1. The SMILES string of the molecule is CCc1ccc(F)cc1C(C)CN. The van der Waals surface area contributed by atoms with E-state index in [2.05, 4.69) is 6.92 Å². The van der Waals surface area contributed by atoms with Gasteiger partial charge in [0.1, 0.15) is 5.82 Å². The lowest BCUT2D eigenvalue weighted by atomic mass is 9.94.